The van der Waals surface area contributed by atoms with E-state index in [-0.39, 0.29) is 17.7 Å². The van der Waals surface area contributed by atoms with Gasteiger partial charge in [0.05, 0.1) is 11.0 Å². The van der Waals surface area contributed by atoms with E-state index in [0.29, 0.717) is 17.1 Å². The number of phenols is 1. The molecule has 2 rings (SSSR count). The first-order valence-electron chi connectivity index (χ1n) is 5.99. The summed E-state index contributed by atoms with van der Waals surface area (Å²) in [4.78, 5) is 14.5. The number of rotatable bonds is 2. The van der Waals surface area contributed by atoms with E-state index in [1.165, 1.54) is 12.1 Å². The molecule has 1 fully saturated rings. The van der Waals surface area contributed by atoms with Crippen molar-refractivity contribution in [1.82, 2.24) is 4.90 Å². The first-order valence-corrected chi connectivity index (χ1v) is 6.40. The third-order valence-electron chi connectivity index (χ3n) is 3.21. The average Bonchev–Trinajstić information content (AvgIpc) is 2.39. The van der Waals surface area contributed by atoms with Crippen molar-refractivity contribution >= 4 is 23.1 Å². The predicted octanol–water partition coefficient (Wildman–Crippen LogP) is 1.67. The highest BCUT2D eigenvalue weighted by atomic mass is 32.1. The number of likely N-dealkylation sites (tertiary alicyclic amines) is 1. The van der Waals surface area contributed by atoms with Crippen molar-refractivity contribution in [3.8, 4) is 5.75 Å². The summed E-state index contributed by atoms with van der Waals surface area (Å²) in [7, 11) is 0. The molecule has 18 heavy (non-hydrogen) atoms. The number of carbonyl (C=O) groups excluding carboxylic acids is 1. The van der Waals surface area contributed by atoms with Crippen molar-refractivity contribution in [2.75, 3.05) is 6.54 Å². The number of carbonyl (C=O) groups is 1. The molecule has 1 atom stereocenters. The summed E-state index contributed by atoms with van der Waals surface area (Å²) >= 11 is 5.03. The second kappa shape index (κ2) is 5.35. The zero-order valence-electron chi connectivity index (χ0n) is 10.0. The predicted molar refractivity (Wildman–Crippen MR) is 73.6 cm³/mol. The average molecular weight is 264 g/mol. The molecule has 1 aliphatic heterocycles. The molecule has 0 radical (unpaired) electrons. The van der Waals surface area contributed by atoms with Crippen LogP contribution in [0.2, 0.25) is 0 Å². The van der Waals surface area contributed by atoms with Gasteiger partial charge in [0.2, 0.25) is 0 Å². The molecule has 1 amide bonds. The molecule has 1 aliphatic rings. The molecule has 0 bridgehead atoms. The molecular weight excluding hydrogens is 248 g/mol. The molecule has 1 aromatic rings. The van der Waals surface area contributed by atoms with Crippen LogP contribution >= 0.6 is 12.2 Å². The van der Waals surface area contributed by atoms with Gasteiger partial charge in [-0.1, -0.05) is 12.2 Å². The number of phenolic OH excluding ortho intramolecular Hbond substituents is 1. The van der Waals surface area contributed by atoms with Crippen LogP contribution in [0.1, 0.15) is 29.6 Å². The summed E-state index contributed by atoms with van der Waals surface area (Å²) < 4.78 is 0. The van der Waals surface area contributed by atoms with Crippen LogP contribution in [0.25, 0.3) is 0 Å². The molecule has 0 saturated carbocycles. The highest BCUT2D eigenvalue weighted by Crippen LogP contribution is 2.21. The maximum absolute atomic E-state index is 12.4. The second-order valence-corrected chi connectivity index (χ2v) is 4.93. The number of hydrogen-bond acceptors (Lipinski definition) is 3. The zero-order valence-corrected chi connectivity index (χ0v) is 10.8. The first-order chi connectivity index (χ1) is 8.59. The van der Waals surface area contributed by atoms with Crippen molar-refractivity contribution < 1.29 is 9.90 Å². The Labute approximate surface area is 111 Å². The molecule has 0 aliphatic carbocycles. The maximum atomic E-state index is 12.4. The molecule has 4 nitrogen and oxygen atoms in total. The van der Waals surface area contributed by atoms with E-state index in [0.717, 1.165) is 19.3 Å². The van der Waals surface area contributed by atoms with Gasteiger partial charge in [-0.05, 0) is 43.5 Å². The second-order valence-electron chi connectivity index (χ2n) is 4.46. The van der Waals surface area contributed by atoms with Gasteiger partial charge in [-0.25, -0.2) is 0 Å². The molecule has 96 valence electrons. The Bertz CT molecular complexity index is 459. The number of amides is 1. The summed E-state index contributed by atoms with van der Waals surface area (Å²) in [5, 5.41) is 9.22. The van der Waals surface area contributed by atoms with E-state index in [1.54, 1.807) is 17.0 Å². The number of piperidine rings is 1. The first kappa shape index (κ1) is 12.8. The van der Waals surface area contributed by atoms with E-state index >= 15 is 0 Å². The fourth-order valence-electron chi connectivity index (χ4n) is 2.24. The van der Waals surface area contributed by atoms with Crippen LogP contribution in [0, 0.1) is 0 Å². The number of benzene rings is 1. The van der Waals surface area contributed by atoms with Gasteiger partial charge in [-0.2, -0.15) is 0 Å². The van der Waals surface area contributed by atoms with Crippen LogP contribution in [0.4, 0.5) is 0 Å². The Balaban J connectivity index is 2.20. The Hall–Kier alpha value is -1.62. The molecular formula is C13H16N2O2S. The van der Waals surface area contributed by atoms with Crippen LogP contribution in [0.5, 0.6) is 5.75 Å². The van der Waals surface area contributed by atoms with Crippen molar-refractivity contribution in [1.29, 1.82) is 0 Å². The summed E-state index contributed by atoms with van der Waals surface area (Å²) in [6, 6.07) is 6.10. The lowest BCUT2D eigenvalue weighted by molar-refractivity contribution is 0.0681. The van der Waals surface area contributed by atoms with Crippen molar-refractivity contribution in [3.63, 3.8) is 0 Å². The van der Waals surface area contributed by atoms with Crippen LogP contribution in [-0.2, 0) is 0 Å². The number of thiocarbonyl (C=S) groups is 1. The van der Waals surface area contributed by atoms with Crippen molar-refractivity contribution in [2.24, 2.45) is 5.73 Å². The van der Waals surface area contributed by atoms with Gasteiger partial charge in [0.1, 0.15) is 5.75 Å². The lowest BCUT2D eigenvalue weighted by atomic mass is 10.0. The van der Waals surface area contributed by atoms with Gasteiger partial charge in [-0.15, -0.1) is 0 Å². The van der Waals surface area contributed by atoms with Gasteiger partial charge < -0.3 is 15.7 Å². The summed E-state index contributed by atoms with van der Waals surface area (Å²) in [6.45, 7) is 0.682. The van der Waals surface area contributed by atoms with Gasteiger partial charge >= 0.3 is 0 Å². The van der Waals surface area contributed by atoms with Gasteiger partial charge in [0.25, 0.3) is 5.91 Å². The van der Waals surface area contributed by atoms with Crippen LogP contribution in [-0.4, -0.2) is 33.5 Å². The number of hydrogen-bond donors (Lipinski definition) is 2. The van der Waals surface area contributed by atoms with Crippen molar-refractivity contribution in [3.05, 3.63) is 29.8 Å². The molecule has 1 aromatic carbocycles. The van der Waals surface area contributed by atoms with E-state index in [4.69, 9.17) is 18.0 Å². The highest BCUT2D eigenvalue weighted by Gasteiger charge is 2.29. The molecule has 3 N–H and O–H groups in total. The molecule has 0 spiro atoms. The Kier molecular flexibility index (Phi) is 3.81. The van der Waals surface area contributed by atoms with Crippen LogP contribution in [0.3, 0.4) is 0 Å². The van der Waals surface area contributed by atoms with Gasteiger partial charge in [0.15, 0.2) is 0 Å². The van der Waals surface area contributed by atoms with E-state index in [9.17, 15) is 9.90 Å². The van der Waals surface area contributed by atoms with Crippen molar-refractivity contribution in [2.45, 2.75) is 25.3 Å². The highest BCUT2D eigenvalue weighted by molar-refractivity contribution is 7.80. The van der Waals surface area contributed by atoms with Gasteiger partial charge in [0, 0.05) is 12.1 Å². The zero-order chi connectivity index (χ0) is 13.1. The van der Waals surface area contributed by atoms with Crippen LogP contribution < -0.4 is 5.73 Å². The Morgan fingerprint density at radius 3 is 2.61 bits per heavy atom. The lowest BCUT2D eigenvalue weighted by Crippen LogP contribution is -2.49. The topological polar surface area (TPSA) is 66.6 Å². The third kappa shape index (κ3) is 2.61. The molecule has 1 saturated heterocycles. The standard InChI is InChI=1S/C13H16N2O2S/c14-12(18)11-3-1-2-8-15(11)13(17)9-4-6-10(16)7-5-9/h4-7,11,16H,1-3,8H2,(H2,14,18). The fraction of sp³-hybridized carbons (Fsp3) is 0.385. The SMILES string of the molecule is NC(=S)C1CCCCN1C(=O)c1ccc(O)cc1. The summed E-state index contributed by atoms with van der Waals surface area (Å²) in [5.74, 6) is 0.0728. The molecule has 0 aromatic heterocycles. The number of nitrogens with two attached hydrogens (primary N) is 1. The summed E-state index contributed by atoms with van der Waals surface area (Å²) in [5.41, 5.74) is 6.25. The normalized spacial score (nSPS) is 19.6. The number of nitrogens with zero attached hydrogens (tertiary/aromatic N) is 1. The minimum Gasteiger partial charge on any atom is -0.508 e. The minimum absolute atomic E-state index is 0.0764. The largest absolute Gasteiger partial charge is 0.508 e. The quantitative estimate of drug-likeness (QED) is 0.797. The smallest absolute Gasteiger partial charge is 0.254 e. The lowest BCUT2D eigenvalue weighted by Gasteiger charge is -2.35. The van der Waals surface area contributed by atoms with Gasteiger partial charge in [-0.3, -0.25) is 4.79 Å². The number of aromatic hydroxyl groups is 1. The van der Waals surface area contributed by atoms with E-state index in [2.05, 4.69) is 0 Å². The summed E-state index contributed by atoms with van der Waals surface area (Å²) in [6.07, 6.45) is 2.85. The molecule has 1 unspecified atom stereocenters. The fourth-order valence-corrected chi connectivity index (χ4v) is 2.49. The van der Waals surface area contributed by atoms with E-state index in [1.807, 2.05) is 0 Å². The minimum atomic E-state index is -0.143. The molecule has 5 heteroatoms. The Morgan fingerprint density at radius 1 is 1.33 bits per heavy atom. The maximum Gasteiger partial charge on any atom is 0.254 e. The Morgan fingerprint density at radius 2 is 2.00 bits per heavy atom. The monoisotopic (exact) mass is 264 g/mol. The third-order valence-corrected chi connectivity index (χ3v) is 3.48. The van der Waals surface area contributed by atoms with Crippen LogP contribution in [0.15, 0.2) is 24.3 Å². The molecule has 1 heterocycles. The van der Waals surface area contributed by atoms with E-state index < -0.39 is 0 Å².